The van der Waals surface area contributed by atoms with Crippen molar-refractivity contribution in [3.05, 3.63) is 113 Å². The van der Waals surface area contributed by atoms with Crippen LogP contribution < -0.4 is 4.74 Å². The second-order valence-corrected chi connectivity index (χ2v) is 8.83. The van der Waals surface area contributed by atoms with Crippen LogP contribution >= 0.6 is 0 Å². The summed E-state index contributed by atoms with van der Waals surface area (Å²) < 4.78 is 5.34. The summed E-state index contributed by atoms with van der Waals surface area (Å²) in [6.07, 6.45) is 4.15. The molecule has 3 aromatic rings. The van der Waals surface area contributed by atoms with Gasteiger partial charge in [0.05, 0.1) is 19.6 Å². The van der Waals surface area contributed by atoms with Gasteiger partial charge in [0.1, 0.15) is 11.2 Å². The van der Waals surface area contributed by atoms with Gasteiger partial charge in [-0.1, -0.05) is 78.9 Å². The summed E-state index contributed by atoms with van der Waals surface area (Å²) in [5.74, 6) is 0.0927. The van der Waals surface area contributed by atoms with Crippen LogP contribution in [0, 0.1) is 5.92 Å². The molecule has 2 bridgehead atoms. The molecule has 3 aromatic carbocycles. The molecule has 4 atom stereocenters. The van der Waals surface area contributed by atoms with Gasteiger partial charge in [-0.2, -0.15) is 0 Å². The Kier molecular flexibility index (Phi) is 4.12. The minimum absolute atomic E-state index is 0.0555. The Labute approximate surface area is 187 Å². The van der Waals surface area contributed by atoms with Crippen LogP contribution in [0.3, 0.4) is 0 Å². The summed E-state index contributed by atoms with van der Waals surface area (Å²) in [5, 5.41) is 0. The van der Waals surface area contributed by atoms with Gasteiger partial charge in [0.2, 0.25) is 11.8 Å². The highest BCUT2D eigenvalue weighted by Gasteiger charge is 2.67. The topological polar surface area (TPSA) is 46.6 Å². The van der Waals surface area contributed by atoms with E-state index in [0.717, 1.165) is 28.0 Å². The SMILES string of the molecule is COc1ccc([C@@H]2[C@H]3C(=O)N(Cc4ccccc4)C(=O)[C@]34C=C[C@H]2c2ccccc24)cc1. The highest BCUT2D eigenvalue weighted by atomic mass is 16.5. The van der Waals surface area contributed by atoms with Crippen LogP contribution in [-0.4, -0.2) is 23.8 Å². The number of methoxy groups -OCH3 is 1. The van der Waals surface area contributed by atoms with Crippen LogP contribution in [0.1, 0.15) is 34.1 Å². The molecular formula is C28H23NO3. The second kappa shape index (κ2) is 6.92. The van der Waals surface area contributed by atoms with E-state index in [1.165, 1.54) is 4.90 Å². The molecule has 1 saturated heterocycles. The summed E-state index contributed by atoms with van der Waals surface area (Å²) in [5.41, 5.74) is 3.21. The van der Waals surface area contributed by atoms with Crippen LogP contribution in [-0.2, 0) is 21.5 Å². The van der Waals surface area contributed by atoms with Crippen molar-refractivity contribution in [2.75, 3.05) is 7.11 Å². The molecule has 1 aliphatic heterocycles. The molecule has 0 radical (unpaired) electrons. The molecule has 1 fully saturated rings. The Hall–Kier alpha value is -3.66. The number of imide groups is 1. The number of benzene rings is 3. The second-order valence-electron chi connectivity index (χ2n) is 8.83. The maximum Gasteiger partial charge on any atom is 0.244 e. The van der Waals surface area contributed by atoms with E-state index in [4.69, 9.17) is 4.74 Å². The average molecular weight is 421 g/mol. The quantitative estimate of drug-likeness (QED) is 0.458. The number of amides is 2. The molecule has 4 nitrogen and oxygen atoms in total. The zero-order valence-electron chi connectivity index (χ0n) is 17.8. The minimum atomic E-state index is -0.943. The molecule has 1 heterocycles. The molecule has 32 heavy (non-hydrogen) atoms. The van der Waals surface area contributed by atoms with Crippen molar-refractivity contribution in [3.63, 3.8) is 0 Å². The van der Waals surface area contributed by atoms with E-state index in [-0.39, 0.29) is 23.7 Å². The first-order chi connectivity index (χ1) is 15.6. The predicted molar refractivity (Wildman–Crippen MR) is 121 cm³/mol. The van der Waals surface area contributed by atoms with Crippen molar-refractivity contribution in [1.82, 2.24) is 4.90 Å². The molecule has 158 valence electrons. The molecule has 1 spiro atoms. The van der Waals surface area contributed by atoms with Crippen molar-refractivity contribution in [1.29, 1.82) is 0 Å². The van der Waals surface area contributed by atoms with Crippen LogP contribution in [0.25, 0.3) is 0 Å². The van der Waals surface area contributed by atoms with E-state index in [2.05, 4.69) is 12.1 Å². The maximum atomic E-state index is 14.0. The van der Waals surface area contributed by atoms with Crippen LogP contribution in [0.2, 0.25) is 0 Å². The Morgan fingerprint density at radius 1 is 0.906 bits per heavy atom. The summed E-state index contributed by atoms with van der Waals surface area (Å²) in [7, 11) is 1.65. The first kappa shape index (κ1) is 19.1. The van der Waals surface area contributed by atoms with Gasteiger partial charge < -0.3 is 4.74 Å². The number of hydrogen-bond donors (Lipinski definition) is 0. The average Bonchev–Trinajstić information content (AvgIpc) is 3.07. The third kappa shape index (κ3) is 2.44. The molecule has 0 saturated carbocycles. The monoisotopic (exact) mass is 421 g/mol. The number of carbonyl (C=O) groups is 2. The summed E-state index contributed by atoms with van der Waals surface area (Å²) in [6, 6.07) is 25.8. The lowest BCUT2D eigenvalue weighted by atomic mass is 9.51. The van der Waals surface area contributed by atoms with E-state index in [9.17, 15) is 9.59 Å². The lowest BCUT2D eigenvalue weighted by molar-refractivity contribution is -0.140. The fraction of sp³-hybridized carbons (Fsp3) is 0.214. The maximum absolute atomic E-state index is 14.0. The molecule has 4 heteroatoms. The number of nitrogens with zero attached hydrogens (tertiary/aromatic N) is 1. The number of likely N-dealkylation sites (tertiary alicyclic amines) is 1. The van der Waals surface area contributed by atoms with E-state index in [1.807, 2.05) is 78.9 Å². The number of rotatable bonds is 4. The molecule has 0 N–H and O–H groups in total. The standard InChI is InChI=1S/C28H23NO3/c1-32-20-13-11-19(12-14-20)24-22-15-16-28(23-10-6-5-9-21(22)23)25(24)26(30)29(27(28)31)17-18-7-3-2-4-8-18/h2-16,22,24-25H,17H2,1H3/t22-,24-,25-,28-/m0/s1. The highest BCUT2D eigenvalue weighted by molar-refractivity contribution is 6.13. The molecule has 7 rings (SSSR count). The highest BCUT2D eigenvalue weighted by Crippen LogP contribution is 2.62. The number of allylic oxidation sites excluding steroid dienone is 1. The van der Waals surface area contributed by atoms with Gasteiger partial charge in [0.25, 0.3) is 0 Å². The largest absolute Gasteiger partial charge is 0.497 e. The van der Waals surface area contributed by atoms with Crippen LogP contribution in [0.15, 0.2) is 91.0 Å². The molecule has 2 amide bonds. The van der Waals surface area contributed by atoms with E-state index in [1.54, 1.807) is 7.11 Å². The molecule has 0 aromatic heterocycles. The van der Waals surface area contributed by atoms with Gasteiger partial charge in [-0.15, -0.1) is 0 Å². The van der Waals surface area contributed by atoms with Gasteiger partial charge in [-0.3, -0.25) is 14.5 Å². The van der Waals surface area contributed by atoms with E-state index >= 15 is 0 Å². The summed E-state index contributed by atoms with van der Waals surface area (Å²) in [6.45, 7) is 0.298. The Morgan fingerprint density at radius 2 is 1.62 bits per heavy atom. The fourth-order valence-electron chi connectivity index (χ4n) is 5.99. The van der Waals surface area contributed by atoms with Crippen LogP contribution in [0.5, 0.6) is 5.75 Å². The van der Waals surface area contributed by atoms with Gasteiger partial charge in [-0.25, -0.2) is 0 Å². The third-order valence-electron chi connectivity index (χ3n) is 7.38. The van der Waals surface area contributed by atoms with Crippen molar-refractivity contribution in [2.24, 2.45) is 5.92 Å². The van der Waals surface area contributed by atoms with Crippen molar-refractivity contribution in [3.8, 4) is 5.75 Å². The molecule has 4 aliphatic rings. The molecule has 0 unspecified atom stereocenters. The molecular weight excluding hydrogens is 398 g/mol. The Balaban J connectivity index is 1.52. The Bertz CT molecular complexity index is 1250. The van der Waals surface area contributed by atoms with Gasteiger partial charge in [0.15, 0.2) is 0 Å². The first-order valence-electron chi connectivity index (χ1n) is 11.0. The van der Waals surface area contributed by atoms with Gasteiger partial charge >= 0.3 is 0 Å². The third-order valence-corrected chi connectivity index (χ3v) is 7.38. The number of carbonyl (C=O) groups excluding carboxylic acids is 2. The van der Waals surface area contributed by atoms with Gasteiger partial charge in [0, 0.05) is 11.8 Å². The minimum Gasteiger partial charge on any atom is -0.497 e. The lowest BCUT2D eigenvalue weighted by Crippen LogP contribution is -2.49. The first-order valence-corrected chi connectivity index (χ1v) is 11.0. The van der Waals surface area contributed by atoms with Gasteiger partial charge in [-0.05, 0) is 34.4 Å². The summed E-state index contributed by atoms with van der Waals surface area (Å²) >= 11 is 0. The smallest absolute Gasteiger partial charge is 0.244 e. The zero-order valence-corrected chi connectivity index (χ0v) is 17.8. The Morgan fingerprint density at radius 3 is 2.38 bits per heavy atom. The number of hydrogen-bond acceptors (Lipinski definition) is 3. The van der Waals surface area contributed by atoms with Crippen molar-refractivity contribution >= 4 is 11.8 Å². The van der Waals surface area contributed by atoms with E-state index < -0.39 is 11.3 Å². The lowest BCUT2D eigenvalue weighted by Gasteiger charge is -2.48. The fourth-order valence-corrected chi connectivity index (χ4v) is 5.99. The zero-order chi connectivity index (χ0) is 21.9. The van der Waals surface area contributed by atoms with Crippen molar-refractivity contribution in [2.45, 2.75) is 23.8 Å². The number of ether oxygens (including phenoxy) is 1. The van der Waals surface area contributed by atoms with Crippen molar-refractivity contribution < 1.29 is 14.3 Å². The molecule has 3 aliphatic carbocycles. The summed E-state index contributed by atoms with van der Waals surface area (Å²) in [4.78, 5) is 29.4. The normalized spacial score (nSPS) is 27.4. The van der Waals surface area contributed by atoms with Crippen LogP contribution in [0.4, 0.5) is 0 Å². The predicted octanol–water partition coefficient (Wildman–Crippen LogP) is 4.57. The van der Waals surface area contributed by atoms with E-state index in [0.29, 0.717) is 6.54 Å².